The van der Waals surface area contributed by atoms with Crippen LogP contribution in [0.3, 0.4) is 0 Å². The average molecular weight is 246 g/mol. The Morgan fingerprint density at radius 3 is 2.44 bits per heavy atom. The molecule has 0 saturated heterocycles. The first-order valence-electron chi connectivity index (χ1n) is 5.35. The van der Waals surface area contributed by atoms with Crippen molar-refractivity contribution < 1.29 is 0 Å². The molecule has 0 N–H and O–H groups in total. The fourth-order valence-corrected chi connectivity index (χ4v) is 2.60. The van der Waals surface area contributed by atoms with Gasteiger partial charge in [0.2, 0.25) is 0 Å². The highest BCUT2D eigenvalue weighted by Gasteiger charge is 2.05. The van der Waals surface area contributed by atoms with E-state index in [1.165, 1.54) is 32.4 Å². The van der Waals surface area contributed by atoms with Crippen LogP contribution in [-0.2, 0) is 6.42 Å². The number of aryl methyl sites for hydroxylation is 1. The van der Waals surface area contributed by atoms with E-state index in [0.717, 1.165) is 6.42 Å². The molecule has 0 unspecified atom stereocenters. The molecule has 0 aliphatic carbocycles. The van der Waals surface area contributed by atoms with Crippen LogP contribution in [0.25, 0.3) is 11.1 Å². The Balaban J connectivity index is 2.53. The van der Waals surface area contributed by atoms with Crippen LogP contribution in [0.5, 0.6) is 0 Å². The van der Waals surface area contributed by atoms with E-state index in [-0.39, 0.29) is 0 Å². The second-order valence-corrected chi connectivity index (χ2v) is 4.81. The molecule has 0 nitrogen and oxygen atoms in total. The van der Waals surface area contributed by atoms with Crippen molar-refractivity contribution in [1.82, 2.24) is 0 Å². The van der Waals surface area contributed by atoms with Crippen molar-refractivity contribution in [2.75, 3.05) is 0 Å². The zero-order chi connectivity index (χ0) is 11.4. The molecule has 0 aromatic heterocycles. The molecule has 2 rings (SSSR count). The molecule has 82 valence electrons. The summed E-state index contributed by atoms with van der Waals surface area (Å²) in [6.07, 6.45) is 1.07. The molecule has 2 aromatic rings. The second-order valence-electron chi connectivity index (χ2n) is 3.64. The summed E-state index contributed by atoms with van der Waals surface area (Å²) in [5.41, 5.74) is 3.90. The summed E-state index contributed by atoms with van der Waals surface area (Å²) in [7, 11) is 1.50. The highest BCUT2D eigenvalue weighted by atomic mass is 33.1. The SMILES string of the molecule is CCc1ccc(SS)c(-c2ccccc2)c1. The molecule has 0 amide bonds. The second kappa shape index (κ2) is 5.46. The molecule has 0 saturated carbocycles. The Morgan fingerprint density at radius 1 is 1.06 bits per heavy atom. The van der Waals surface area contributed by atoms with Gasteiger partial charge in [-0.15, -0.1) is 11.7 Å². The predicted octanol–water partition coefficient (Wildman–Crippen LogP) is 4.85. The van der Waals surface area contributed by atoms with Gasteiger partial charge in [-0.1, -0.05) is 60.2 Å². The van der Waals surface area contributed by atoms with Crippen molar-refractivity contribution in [2.24, 2.45) is 0 Å². The normalized spacial score (nSPS) is 10.4. The van der Waals surface area contributed by atoms with Crippen molar-refractivity contribution in [1.29, 1.82) is 0 Å². The molecular formula is C14H14S2. The van der Waals surface area contributed by atoms with Gasteiger partial charge in [0.25, 0.3) is 0 Å². The number of benzene rings is 2. The third-order valence-corrected chi connectivity index (χ3v) is 3.78. The fraction of sp³-hybridized carbons (Fsp3) is 0.143. The minimum Gasteiger partial charge on any atom is -0.106 e. The number of hydrogen-bond acceptors (Lipinski definition) is 2. The third-order valence-electron chi connectivity index (χ3n) is 2.64. The summed E-state index contributed by atoms with van der Waals surface area (Å²) in [5, 5.41) is 0. The highest BCUT2D eigenvalue weighted by molar-refractivity contribution is 8.68. The Labute approximate surface area is 106 Å². The molecule has 0 radical (unpaired) electrons. The lowest BCUT2D eigenvalue weighted by Gasteiger charge is -2.09. The summed E-state index contributed by atoms with van der Waals surface area (Å²) in [6.45, 7) is 2.18. The lowest BCUT2D eigenvalue weighted by molar-refractivity contribution is 1.13. The summed E-state index contributed by atoms with van der Waals surface area (Å²) in [5.74, 6) is 0. The Bertz CT molecular complexity index is 463. The molecule has 0 heterocycles. The lowest BCUT2D eigenvalue weighted by Crippen LogP contribution is -1.85. The standard InChI is InChI=1S/C14H14S2/c1-2-11-8-9-14(16-15)13(10-11)12-6-4-3-5-7-12/h3-10,15H,2H2,1H3. The van der Waals surface area contributed by atoms with Gasteiger partial charge < -0.3 is 0 Å². The highest BCUT2D eigenvalue weighted by Crippen LogP contribution is 2.34. The maximum atomic E-state index is 4.31. The Hall–Kier alpha value is -0.860. The van der Waals surface area contributed by atoms with Gasteiger partial charge >= 0.3 is 0 Å². The minimum atomic E-state index is 1.07. The first-order chi connectivity index (χ1) is 7.85. The van der Waals surface area contributed by atoms with Crippen LogP contribution in [0.4, 0.5) is 0 Å². The van der Waals surface area contributed by atoms with Crippen molar-refractivity contribution >= 4 is 22.5 Å². The summed E-state index contributed by atoms with van der Waals surface area (Å²) in [6, 6.07) is 17.0. The molecule has 2 heteroatoms. The van der Waals surface area contributed by atoms with E-state index >= 15 is 0 Å². The molecule has 0 atom stereocenters. The van der Waals surface area contributed by atoms with Crippen LogP contribution in [0.15, 0.2) is 53.4 Å². The average Bonchev–Trinajstić information content (AvgIpc) is 2.39. The molecule has 0 aliphatic heterocycles. The van der Waals surface area contributed by atoms with E-state index < -0.39 is 0 Å². The molecular weight excluding hydrogens is 232 g/mol. The molecule has 2 aromatic carbocycles. The minimum absolute atomic E-state index is 1.07. The summed E-state index contributed by atoms with van der Waals surface area (Å²) in [4.78, 5) is 1.21. The van der Waals surface area contributed by atoms with Gasteiger partial charge in [-0.2, -0.15) is 0 Å². The topological polar surface area (TPSA) is 0 Å². The van der Waals surface area contributed by atoms with E-state index in [0.29, 0.717) is 0 Å². The van der Waals surface area contributed by atoms with Crippen molar-refractivity contribution in [3.05, 3.63) is 54.1 Å². The smallest absolute Gasteiger partial charge is 0.0258 e. The van der Waals surface area contributed by atoms with Crippen LogP contribution in [0.2, 0.25) is 0 Å². The first-order valence-corrected chi connectivity index (χ1v) is 7.21. The maximum absolute atomic E-state index is 4.31. The van der Waals surface area contributed by atoms with Gasteiger partial charge in [0, 0.05) is 4.90 Å². The van der Waals surface area contributed by atoms with Crippen LogP contribution in [0.1, 0.15) is 12.5 Å². The van der Waals surface area contributed by atoms with Gasteiger partial charge in [-0.05, 0) is 29.2 Å². The van der Waals surface area contributed by atoms with E-state index in [1.54, 1.807) is 0 Å². The zero-order valence-electron chi connectivity index (χ0n) is 9.18. The zero-order valence-corrected chi connectivity index (χ0v) is 10.9. The van der Waals surface area contributed by atoms with Crippen molar-refractivity contribution in [3.8, 4) is 11.1 Å². The molecule has 0 fully saturated rings. The van der Waals surface area contributed by atoms with E-state index in [9.17, 15) is 0 Å². The molecule has 16 heavy (non-hydrogen) atoms. The quantitative estimate of drug-likeness (QED) is 0.596. The van der Waals surface area contributed by atoms with Crippen molar-refractivity contribution in [2.45, 2.75) is 18.2 Å². The maximum Gasteiger partial charge on any atom is 0.0258 e. The van der Waals surface area contributed by atoms with Crippen LogP contribution >= 0.6 is 22.5 Å². The third kappa shape index (κ3) is 2.45. The van der Waals surface area contributed by atoms with E-state index in [2.05, 4.69) is 61.0 Å². The largest absolute Gasteiger partial charge is 0.106 e. The number of hydrogen-bond donors (Lipinski definition) is 1. The summed E-state index contributed by atoms with van der Waals surface area (Å²) >= 11 is 4.31. The van der Waals surface area contributed by atoms with Crippen LogP contribution < -0.4 is 0 Å². The van der Waals surface area contributed by atoms with Gasteiger partial charge in [0.1, 0.15) is 0 Å². The predicted molar refractivity (Wildman–Crippen MR) is 76.1 cm³/mol. The monoisotopic (exact) mass is 246 g/mol. The number of thiol groups is 1. The number of rotatable bonds is 3. The van der Waals surface area contributed by atoms with Gasteiger partial charge in [0.05, 0.1) is 0 Å². The van der Waals surface area contributed by atoms with Gasteiger partial charge in [-0.3, -0.25) is 0 Å². The van der Waals surface area contributed by atoms with Crippen LogP contribution in [0, 0.1) is 0 Å². The fourth-order valence-electron chi connectivity index (χ4n) is 1.72. The molecule has 0 aliphatic rings. The Kier molecular flexibility index (Phi) is 3.97. The van der Waals surface area contributed by atoms with E-state index in [1.807, 2.05) is 6.07 Å². The molecule has 0 bridgehead atoms. The lowest BCUT2D eigenvalue weighted by atomic mass is 10.0. The van der Waals surface area contributed by atoms with Gasteiger partial charge in [0.15, 0.2) is 0 Å². The van der Waals surface area contributed by atoms with Gasteiger partial charge in [-0.25, -0.2) is 0 Å². The van der Waals surface area contributed by atoms with Crippen molar-refractivity contribution in [3.63, 3.8) is 0 Å². The van der Waals surface area contributed by atoms with E-state index in [4.69, 9.17) is 0 Å². The summed E-state index contributed by atoms with van der Waals surface area (Å²) < 4.78 is 0. The first kappa shape index (κ1) is 11.6. The Morgan fingerprint density at radius 2 is 1.81 bits per heavy atom. The van der Waals surface area contributed by atoms with Crippen LogP contribution in [-0.4, -0.2) is 0 Å². The molecule has 0 spiro atoms.